The molecule has 0 unspecified atom stereocenters. The highest BCUT2D eigenvalue weighted by Crippen LogP contribution is 2.39. The molecule has 26 heavy (non-hydrogen) atoms. The molecule has 0 saturated carbocycles. The highest BCUT2D eigenvalue weighted by atomic mass is 19.2. The second-order valence-corrected chi connectivity index (χ2v) is 9.35. The van der Waals surface area contributed by atoms with Crippen LogP contribution in [0.25, 0.3) is 6.08 Å². The average Bonchev–Trinajstić information content (AvgIpc) is 2.83. The zero-order chi connectivity index (χ0) is 20.2. The maximum absolute atomic E-state index is 13.9. The lowest BCUT2D eigenvalue weighted by atomic mass is 9.82. The van der Waals surface area contributed by atoms with Crippen LogP contribution >= 0.6 is 0 Å². The van der Waals surface area contributed by atoms with Gasteiger partial charge >= 0.3 is 7.40 Å². The number of halogens is 2. The predicted molar refractivity (Wildman–Crippen MR) is 109 cm³/mol. The molecule has 2 nitrogen and oxygen atoms in total. The maximum atomic E-state index is 13.9. The Morgan fingerprint density at radius 3 is 1.85 bits per heavy atom. The van der Waals surface area contributed by atoms with Crippen LogP contribution in [0.2, 0.25) is 0 Å². The zero-order valence-corrected chi connectivity index (χ0v) is 17.8. The Labute approximate surface area is 157 Å². The number of nitrogens with zero attached hydrogens (tertiary/aromatic N) is 2. The van der Waals surface area contributed by atoms with Gasteiger partial charge in [-0.1, -0.05) is 41.5 Å². The van der Waals surface area contributed by atoms with Gasteiger partial charge in [0, 0.05) is 17.1 Å². The molecule has 0 bridgehead atoms. The molecular weight excluding hydrogens is 329 g/mol. The SMILES string of the molecule is CC1=N/C(=C\c2c(C)c(C(C)(C)C)c(C)n2B(F)F)C(C)=C1C(C)(C)C. The first-order chi connectivity index (χ1) is 11.7. The van der Waals surface area contributed by atoms with Gasteiger partial charge < -0.3 is 4.48 Å². The van der Waals surface area contributed by atoms with Gasteiger partial charge in [0.15, 0.2) is 0 Å². The zero-order valence-electron chi connectivity index (χ0n) is 17.8. The van der Waals surface area contributed by atoms with E-state index in [0.717, 1.165) is 32.6 Å². The highest BCUT2D eigenvalue weighted by molar-refractivity contribution is 6.41. The van der Waals surface area contributed by atoms with Crippen molar-refractivity contribution < 1.29 is 8.63 Å². The second kappa shape index (κ2) is 6.51. The van der Waals surface area contributed by atoms with Crippen molar-refractivity contribution in [1.82, 2.24) is 4.48 Å². The Kier molecular flexibility index (Phi) is 5.17. The van der Waals surface area contributed by atoms with Crippen LogP contribution in [0.5, 0.6) is 0 Å². The van der Waals surface area contributed by atoms with Gasteiger partial charge in [0.2, 0.25) is 0 Å². The van der Waals surface area contributed by atoms with Crippen molar-refractivity contribution in [1.29, 1.82) is 0 Å². The molecule has 0 fully saturated rings. The lowest BCUT2D eigenvalue weighted by molar-refractivity contribution is 0.522. The van der Waals surface area contributed by atoms with E-state index in [-0.39, 0.29) is 10.8 Å². The molecule has 0 amide bonds. The quantitative estimate of drug-likeness (QED) is 0.547. The Morgan fingerprint density at radius 2 is 1.46 bits per heavy atom. The smallest absolute Gasteiger partial charge is 0.329 e. The molecule has 0 N–H and O–H groups in total. The minimum atomic E-state index is -2.57. The predicted octanol–water partition coefficient (Wildman–Crippen LogP) is 6.35. The third-order valence-corrected chi connectivity index (χ3v) is 5.12. The molecule has 0 aliphatic carbocycles. The van der Waals surface area contributed by atoms with Crippen LogP contribution in [-0.2, 0) is 5.41 Å². The van der Waals surface area contributed by atoms with Crippen molar-refractivity contribution in [2.75, 3.05) is 0 Å². The van der Waals surface area contributed by atoms with Gasteiger partial charge in [-0.15, -0.1) is 0 Å². The Balaban J connectivity index is 2.76. The van der Waals surface area contributed by atoms with E-state index in [0.29, 0.717) is 11.4 Å². The first-order valence-corrected chi connectivity index (χ1v) is 9.17. The highest BCUT2D eigenvalue weighted by Gasteiger charge is 2.32. The van der Waals surface area contributed by atoms with Crippen LogP contribution in [-0.4, -0.2) is 17.6 Å². The van der Waals surface area contributed by atoms with Crippen LogP contribution in [0, 0.1) is 19.3 Å². The standard InChI is InChI=1S/C21H31BF2N2/c1-12-16(25-14(3)18(12)20(5,6)7)11-17-13(2)19(21(8,9)10)15(4)26(17)22(23)24/h11H,1-10H3/b16-11-. The normalized spacial score (nSPS) is 17.4. The van der Waals surface area contributed by atoms with Crippen LogP contribution < -0.4 is 0 Å². The molecule has 1 aromatic rings. The molecule has 0 spiro atoms. The lowest BCUT2D eigenvalue weighted by Crippen LogP contribution is -2.18. The Bertz CT molecular complexity index is 826. The number of rotatable bonds is 2. The fourth-order valence-corrected chi connectivity index (χ4v) is 4.51. The summed E-state index contributed by atoms with van der Waals surface area (Å²) < 4.78 is 28.9. The summed E-state index contributed by atoms with van der Waals surface area (Å²) in [7, 11) is -2.57. The molecule has 0 radical (unpaired) electrons. The summed E-state index contributed by atoms with van der Waals surface area (Å²) in [5.41, 5.74) is 6.90. The number of aromatic nitrogens is 1. The van der Waals surface area contributed by atoms with Gasteiger partial charge in [0.1, 0.15) is 0 Å². The van der Waals surface area contributed by atoms with Crippen molar-refractivity contribution in [2.45, 2.75) is 74.7 Å². The summed E-state index contributed by atoms with van der Waals surface area (Å²) in [4.78, 5) is 4.70. The van der Waals surface area contributed by atoms with Gasteiger partial charge in [-0.3, -0.25) is 13.6 Å². The van der Waals surface area contributed by atoms with E-state index in [1.165, 1.54) is 5.57 Å². The fraction of sp³-hybridized carbons (Fsp3) is 0.571. The van der Waals surface area contributed by atoms with E-state index >= 15 is 0 Å². The van der Waals surface area contributed by atoms with E-state index in [4.69, 9.17) is 4.99 Å². The van der Waals surface area contributed by atoms with Gasteiger partial charge in [-0.05, 0) is 66.9 Å². The summed E-state index contributed by atoms with van der Waals surface area (Å²) in [6.45, 7) is 20.4. The minimum absolute atomic E-state index is 0.0283. The molecule has 1 aliphatic heterocycles. The van der Waals surface area contributed by atoms with Crippen molar-refractivity contribution in [2.24, 2.45) is 10.4 Å². The largest absolute Gasteiger partial charge is 0.677 e. The summed E-state index contributed by atoms with van der Waals surface area (Å²) in [6.07, 6.45) is 1.83. The minimum Gasteiger partial charge on any atom is -0.329 e. The molecule has 0 aromatic carbocycles. The van der Waals surface area contributed by atoms with Crippen molar-refractivity contribution in [3.63, 3.8) is 0 Å². The summed E-state index contributed by atoms with van der Waals surface area (Å²) in [5, 5.41) is 0. The van der Waals surface area contributed by atoms with Gasteiger partial charge in [0.25, 0.3) is 0 Å². The molecule has 142 valence electrons. The van der Waals surface area contributed by atoms with E-state index in [9.17, 15) is 8.63 Å². The average molecular weight is 360 g/mol. The molecule has 2 heterocycles. The fourth-order valence-electron chi connectivity index (χ4n) is 4.51. The topological polar surface area (TPSA) is 17.3 Å². The number of allylic oxidation sites excluding steroid dienone is 2. The number of hydrogen-bond acceptors (Lipinski definition) is 1. The number of hydrogen-bond donors (Lipinski definition) is 0. The van der Waals surface area contributed by atoms with Crippen LogP contribution in [0.15, 0.2) is 21.8 Å². The molecule has 1 aliphatic rings. The van der Waals surface area contributed by atoms with Gasteiger partial charge in [0.05, 0.1) is 5.70 Å². The summed E-state index contributed by atoms with van der Waals surface area (Å²) in [5.74, 6) is 0. The van der Waals surface area contributed by atoms with Crippen LogP contribution in [0.4, 0.5) is 8.63 Å². The monoisotopic (exact) mass is 360 g/mol. The second-order valence-electron chi connectivity index (χ2n) is 9.35. The van der Waals surface area contributed by atoms with Crippen molar-refractivity contribution >= 4 is 19.2 Å². The molecule has 2 rings (SSSR count). The molecule has 5 heteroatoms. The Hall–Kier alpha value is -1.65. The van der Waals surface area contributed by atoms with Gasteiger partial charge in [-0.25, -0.2) is 0 Å². The lowest BCUT2D eigenvalue weighted by Gasteiger charge is -2.21. The number of aliphatic imine (C=N–C) groups is 1. The first-order valence-electron chi connectivity index (χ1n) is 9.17. The third kappa shape index (κ3) is 3.45. The molecule has 1 aromatic heterocycles. The Morgan fingerprint density at radius 1 is 0.923 bits per heavy atom. The summed E-state index contributed by atoms with van der Waals surface area (Å²) in [6, 6.07) is 0. The van der Waals surface area contributed by atoms with E-state index in [1.807, 2.05) is 26.8 Å². The summed E-state index contributed by atoms with van der Waals surface area (Å²) >= 11 is 0. The molecule has 0 atom stereocenters. The first kappa shape index (κ1) is 20.7. The van der Waals surface area contributed by atoms with E-state index in [2.05, 4.69) is 41.5 Å². The van der Waals surface area contributed by atoms with E-state index < -0.39 is 7.40 Å². The van der Waals surface area contributed by atoms with Crippen LogP contribution in [0.1, 0.15) is 77.9 Å². The maximum Gasteiger partial charge on any atom is 0.677 e. The van der Waals surface area contributed by atoms with Crippen molar-refractivity contribution in [3.05, 3.63) is 39.4 Å². The molecular formula is C21H31BF2N2. The van der Waals surface area contributed by atoms with Gasteiger partial charge in [-0.2, -0.15) is 0 Å². The van der Waals surface area contributed by atoms with Crippen molar-refractivity contribution in [3.8, 4) is 0 Å². The van der Waals surface area contributed by atoms with E-state index in [1.54, 1.807) is 6.92 Å². The van der Waals surface area contributed by atoms with Crippen LogP contribution in [0.3, 0.4) is 0 Å². The molecule has 0 saturated heterocycles. The third-order valence-electron chi connectivity index (χ3n) is 5.12.